The fraction of sp³-hybridized carbons (Fsp3) is 1.00. The Morgan fingerprint density at radius 1 is 1.50 bits per heavy atom. The van der Waals surface area contributed by atoms with Crippen LogP contribution in [0.15, 0.2) is 0 Å². The molecule has 0 aliphatic heterocycles. The summed E-state index contributed by atoms with van der Waals surface area (Å²) in [6, 6.07) is 0. The second-order valence-electron chi connectivity index (χ2n) is 5.41. The van der Waals surface area contributed by atoms with Crippen LogP contribution in [0, 0.1) is 11.8 Å². The lowest BCUT2D eigenvalue weighted by atomic mass is 9.91. The first-order valence-electron chi connectivity index (χ1n) is 6.51. The zero-order chi connectivity index (χ0) is 12.2. The molecular formula is C13H28N2O. The first kappa shape index (κ1) is 13.9. The number of hydrogen-bond donors (Lipinski definition) is 1. The van der Waals surface area contributed by atoms with E-state index in [4.69, 9.17) is 10.5 Å². The van der Waals surface area contributed by atoms with Gasteiger partial charge in [-0.05, 0) is 31.7 Å². The Labute approximate surface area is 100 Å². The van der Waals surface area contributed by atoms with Crippen LogP contribution in [0.3, 0.4) is 0 Å². The van der Waals surface area contributed by atoms with Gasteiger partial charge in [0.25, 0.3) is 0 Å². The third kappa shape index (κ3) is 2.96. The lowest BCUT2D eigenvalue weighted by molar-refractivity contribution is 0.00783. The van der Waals surface area contributed by atoms with Gasteiger partial charge in [-0.25, -0.2) is 0 Å². The molecule has 2 atom stereocenters. The molecule has 2 unspecified atom stereocenters. The maximum Gasteiger partial charge on any atom is 0.0661 e. The highest BCUT2D eigenvalue weighted by molar-refractivity contribution is 5.02. The third-order valence-electron chi connectivity index (χ3n) is 4.13. The van der Waals surface area contributed by atoms with Gasteiger partial charge in [-0.15, -0.1) is 0 Å². The van der Waals surface area contributed by atoms with E-state index >= 15 is 0 Å². The average Bonchev–Trinajstić information content (AvgIpc) is 3.09. The molecule has 0 bridgehead atoms. The van der Waals surface area contributed by atoms with E-state index < -0.39 is 0 Å². The van der Waals surface area contributed by atoms with Gasteiger partial charge in [0.15, 0.2) is 0 Å². The summed E-state index contributed by atoms with van der Waals surface area (Å²) in [5.74, 6) is 1.47. The first-order valence-corrected chi connectivity index (χ1v) is 6.51. The van der Waals surface area contributed by atoms with Gasteiger partial charge in [-0.2, -0.15) is 0 Å². The summed E-state index contributed by atoms with van der Waals surface area (Å²) in [5, 5.41) is 0. The summed E-state index contributed by atoms with van der Waals surface area (Å²) in [6.45, 7) is 7.14. The topological polar surface area (TPSA) is 38.5 Å². The molecule has 3 heteroatoms. The number of hydrogen-bond acceptors (Lipinski definition) is 3. The van der Waals surface area contributed by atoms with Crippen LogP contribution in [0.5, 0.6) is 0 Å². The Hall–Kier alpha value is -0.120. The van der Waals surface area contributed by atoms with Crippen LogP contribution < -0.4 is 5.73 Å². The Morgan fingerprint density at radius 3 is 2.50 bits per heavy atom. The van der Waals surface area contributed by atoms with Crippen molar-refractivity contribution in [2.45, 2.75) is 38.6 Å². The smallest absolute Gasteiger partial charge is 0.0661 e. The minimum atomic E-state index is 0.0815. The monoisotopic (exact) mass is 228 g/mol. The fourth-order valence-electron chi connectivity index (χ4n) is 2.57. The molecule has 0 radical (unpaired) electrons. The van der Waals surface area contributed by atoms with E-state index in [0.717, 1.165) is 25.0 Å². The normalized spacial score (nSPS) is 22.1. The molecule has 0 aromatic carbocycles. The SMILES string of the molecule is CCC(C)CN(C)C(CN)(COC)C1CC1. The van der Waals surface area contributed by atoms with Gasteiger partial charge in [-0.1, -0.05) is 20.3 Å². The largest absolute Gasteiger partial charge is 0.383 e. The summed E-state index contributed by atoms with van der Waals surface area (Å²) < 4.78 is 5.41. The maximum atomic E-state index is 6.03. The number of ether oxygens (including phenoxy) is 1. The van der Waals surface area contributed by atoms with Crippen LogP contribution in [0.25, 0.3) is 0 Å². The molecule has 2 N–H and O–H groups in total. The lowest BCUT2D eigenvalue weighted by Crippen LogP contribution is -2.58. The quantitative estimate of drug-likeness (QED) is 0.687. The van der Waals surface area contributed by atoms with E-state index in [2.05, 4.69) is 25.8 Å². The van der Waals surface area contributed by atoms with Gasteiger partial charge in [0, 0.05) is 20.2 Å². The molecule has 0 heterocycles. The number of nitrogens with two attached hydrogens (primary N) is 1. The van der Waals surface area contributed by atoms with E-state index in [1.165, 1.54) is 19.3 Å². The molecule has 1 saturated carbocycles. The standard InChI is InChI=1S/C13H28N2O/c1-5-11(2)8-15(3)13(9-14,10-16-4)12-6-7-12/h11-12H,5-10,14H2,1-4H3. The van der Waals surface area contributed by atoms with E-state index in [0.29, 0.717) is 6.54 Å². The molecular weight excluding hydrogens is 200 g/mol. The van der Waals surface area contributed by atoms with Crippen molar-refractivity contribution in [3.8, 4) is 0 Å². The Kier molecular flexibility index (Phi) is 5.22. The van der Waals surface area contributed by atoms with Crippen LogP contribution in [-0.2, 0) is 4.74 Å². The van der Waals surface area contributed by atoms with Crippen molar-refractivity contribution in [3.05, 3.63) is 0 Å². The molecule has 1 aliphatic carbocycles. The number of methoxy groups -OCH3 is 1. The Bertz CT molecular complexity index is 206. The van der Waals surface area contributed by atoms with Gasteiger partial charge in [0.2, 0.25) is 0 Å². The molecule has 0 spiro atoms. The number of rotatable bonds is 8. The Morgan fingerprint density at radius 2 is 2.12 bits per heavy atom. The van der Waals surface area contributed by atoms with Crippen LogP contribution in [-0.4, -0.2) is 44.3 Å². The van der Waals surface area contributed by atoms with Crippen molar-refractivity contribution in [3.63, 3.8) is 0 Å². The zero-order valence-electron chi connectivity index (χ0n) is 11.3. The highest BCUT2D eigenvalue weighted by Gasteiger charge is 2.47. The van der Waals surface area contributed by atoms with Crippen molar-refractivity contribution < 1.29 is 4.74 Å². The van der Waals surface area contributed by atoms with Crippen molar-refractivity contribution >= 4 is 0 Å². The minimum absolute atomic E-state index is 0.0815. The highest BCUT2D eigenvalue weighted by atomic mass is 16.5. The van der Waals surface area contributed by atoms with Crippen molar-refractivity contribution in [1.29, 1.82) is 0 Å². The third-order valence-corrected chi connectivity index (χ3v) is 4.13. The van der Waals surface area contributed by atoms with Gasteiger partial charge in [0.1, 0.15) is 0 Å². The van der Waals surface area contributed by atoms with Crippen molar-refractivity contribution in [2.24, 2.45) is 17.6 Å². The Balaban J connectivity index is 2.66. The van der Waals surface area contributed by atoms with Crippen LogP contribution in [0.4, 0.5) is 0 Å². The van der Waals surface area contributed by atoms with Gasteiger partial charge in [0.05, 0.1) is 12.1 Å². The van der Waals surface area contributed by atoms with E-state index in [9.17, 15) is 0 Å². The van der Waals surface area contributed by atoms with Crippen LogP contribution in [0.1, 0.15) is 33.1 Å². The van der Waals surface area contributed by atoms with Crippen LogP contribution >= 0.6 is 0 Å². The van der Waals surface area contributed by atoms with Gasteiger partial charge in [-0.3, -0.25) is 4.90 Å². The van der Waals surface area contributed by atoms with E-state index in [1.54, 1.807) is 7.11 Å². The summed E-state index contributed by atoms with van der Waals surface area (Å²) in [4.78, 5) is 2.45. The second kappa shape index (κ2) is 5.99. The molecule has 1 rings (SSSR count). The molecule has 1 fully saturated rings. The minimum Gasteiger partial charge on any atom is -0.383 e. The molecule has 96 valence electrons. The summed E-state index contributed by atoms with van der Waals surface area (Å²) >= 11 is 0. The predicted molar refractivity (Wildman–Crippen MR) is 68.5 cm³/mol. The van der Waals surface area contributed by atoms with Crippen molar-refractivity contribution in [1.82, 2.24) is 4.90 Å². The number of nitrogens with zero attached hydrogens (tertiary/aromatic N) is 1. The molecule has 0 amide bonds. The van der Waals surface area contributed by atoms with Gasteiger partial charge >= 0.3 is 0 Å². The first-order chi connectivity index (χ1) is 7.60. The molecule has 0 saturated heterocycles. The zero-order valence-corrected chi connectivity index (χ0v) is 11.3. The van der Waals surface area contributed by atoms with Gasteiger partial charge < -0.3 is 10.5 Å². The van der Waals surface area contributed by atoms with E-state index in [1.807, 2.05) is 0 Å². The average molecular weight is 228 g/mol. The lowest BCUT2D eigenvalue weighted by Gasteiger charge is -2.42. The molecule has 0 aromatic heterocycles. The van der Waals surface area contributed by atoms with E-state index in [-0.39, 0.29) is 5.54 Å². The molecule has 16 heavy (non-hydrogen) atoms. The molecule has 0 aromatic rings. The predicted octanol–water partition coefficient (Wildman–Crippen LogP) is 1.72. The summed E-state index contributed by atoms with van der Waals surface area (Å²) in [6.07, 6.45) is 3.85. The second-order valence-corrected chi connectivity index (χ2v) is 5.41. The fourth-order valence-corrected chi connectivity index (χ4v) is 2.57. The van der Waals surface area contributed by atoms with Crippen molar-refractivity contribution in [2.75, 3.05) is 33.9 Å². The summed E-state index contributed by atoms with van der Waals surface area (Å²) in [7, 11) is 3.99. The maximum absolute atomic E-state index is 6.03. The number of likely N-dealkylation sites (N-methyl/N-ethyl adjacent to an activating group) is 1. The highest BCUT2D eigenvalue weighted by Crippen LogP contribution is 2.42. The molecule has 1 aliphatic rings. The summed E-state index contributed by atoms with van der Waals surface area (Å²) in [5.41, 5.74) is 6.11. The molecule has 3 nitrogen and oxygen atoms in total. The van der Waals surface area contributed by atoms with Crippen LogP contribution in [0.2, 0.25) is 0 Å².